The predicted octanol–water partition coefficient (Wildman–Crippen LogP) is 15.7. The van der Waals surface area contributed by atoms with Gasteiger partial charge >= 0.3 is 0 Å². The zero-order chi connectivity index (χ0) is 39.2. The van der Waals surface area contributed by atoms with E-state index < -0.39 is 0 Å². The molecule has 1 atom stereocenters. The van der Waals surface area contributed by atoms with E-state index in [4.69, 9.17) is 4.42 Å². The van der Waals surface area contributed by atoms with Gasteiger partial charge in [0.05, 0.1) is 0 Å². The summed E-state index contributed by atoms with van der Waals surface area (Å²) in [6.07, 6.45) is 12.7. The van der Waals surface area contributed by atoms with Gasteiger partial charge in [0.15, 0.2) is 0 Å². The highest BCUT2D eigenvalue weighted by Crippen LogP contribution is 2.47. The molecule has 2 aliphatic rings. The van der Waals surface area contributed by atoms with Crippen LogP contribution in [0.3, 0.4) is 0 Å². The Kier molecular flexibility index (Phi) is 9.06. The van der Waals surface area contributed by atoms with Crippen molar-refractivity contribution in [3.05, 3.63) is 211 Å². The molecule has 0 aliphatic heterocycles. The molecule has 282 valence electrons. The first-order valence-corrected chi connectivity index (χ1v) is 20.7. The van der Waals surface area contributed by atoms with Crippen molar-refractivity contribution in [2.45, 2.75) is 40.0 Å². The zero-order valence-corrected chi connectivity index (χ0v) is 33.5. The van der Waals surface area contributed by atoms with Crippen molar-refractivity contribution in [3.8, 4) is 22.3 Å². The second kappa shape index (κ2) is 14.7. The van der Waals surface area contributed by atoms with Crippen molar-refractivity contribution < 1.29 is 4.42 Å². The van der Waals surface area contributed by atoms with Crippen LogP contribution < -0.4 is 4.90 Å². The van der Waals surface area contributed by atoms with Crippen molar-refractivity contribution in [3.63, 3.8) is 0 Å². The van der Waals surface area contributed by atoms with Gasteiger partial charge in [-0.15, -0.1) is 0 Å². The summed E-state index contributed by atoms with van der Waals surface area (Å²) in [7, 11) is 0. The highest BCUT2D eigenvalue weighted by Gasteiger charge is 2.32. The van der Waals surface area contributed by atoms with Crippen molar-refractivity contribution in [2.24, 2.45) is 11.3 Å². The third kappa shape index (κ3) is 6.39. The van der Waals surface area contributed by atoms with Crippen LogP contribution in [0.15, 0.2) is 204 Å². The zero-order valence-electron chi connectivity index (χ0n) is 33.5. The van der Waals surface area contributed by atoms with E-state index in [-0.39, 0.29) is 5.41 Å². The molecule has 1 aromatic heterocycles. The molecule has 2 nitrogen and oxygen atoms in total. The number of hydrogen-bond donors (Lipinski definition) is 0. The average molecular weight is 750 g/mol. The number of rotatable bonds is 7. The molecule has 0 fully saturated rings. The summed E-state index contributed by atoms with van der Waals surface area (Å²) in [6.45, 7) is 7.10. The van der Waals surface area contributed by atoms with Gasteiger partial charge in [0.1, 0.15) is 11.2 Å². The minimum atomic E-state index is 0.123. The lowest BCUT2D eigenvalue weighted by Crippen LogP contribution is -2.28. The van der Waals surface area contributed by atoms with E-state index >= 15 is 0 Å². The van der Waals surface area contributed by atoms with Crippen LogP contribution in [0, 0.1) is 11.3 Å². The first kappa shape index (κ1) is 35.8. The number of furan rings is 1. The van der Waals surface area contributed by atoms with Crippen LogP contribution >= 0.6 is 0 Å². The molecule has 0 amide bonds. The second-order valence-corrected chi connectivity index (χ2v) is 16.8. The Morgan fingerprint density at radius 3 is 1.93 bits per heavy atom. The lowest BCUT2D eigenvalue weighted by Gasteiger charge is -2.38. The largest absolute Gasteiger partial charge is 0.455 e. The van der Waals surface area contributed by atoms with E-state index in [1.807, 2.05) is 6.07 Å². The fourth-order valence-corrected chi connectivity index (χ4v) is 9.13. The van der Waals surface area contributed by atoms with Crippen LogP contribution in [0.25, 0.3) is 66.1 Å². The molecule has 0 spiro atoms. The Hall–Kier alpha value is -6.64. The number of benzene rings is 7. The van der Waals surface area contributed by atoms with Crippen molar-refractivity contribution >= 4 is 49.5 Å². The minimum Gasteiger partial charge on any atom is -0.455 e. The van der Waals surface area contributed by atoms with Crippen LogP contribution in [-0.2, 0) is 0 Å². The molecule has 8 aromatic rings. The Bertz CT molecular complexity index is 2930. The molecule has 2 aliphatic carbocycles. The van der Waals surface area contributed by atoms with Gasteiger partial charge in [0.25, 0.3) is 0 Å². The van der Waals surface area contributed by atoms with Crippen LogP contribution in [-0.4, -0.2) is 0 Å². The standard InChI is InChI=1S/C56H47NO/c1-56(2,3)42-33-36-52(50(37-42)39-19-8-5-9-20-39)57(43-34-31-40(32-35-43)45-26-16-28-49-47-24-11-13-30-53(47)58-55(45)49)51-29-12-10-23-46(51)48-27-15-22-41-21-14-25-44(54(41)48)38-17-6-4-7-18-38/h4-9,11,13-36,42H,10,12,37H2,1-3H3. The predicted molar refractivity (Wildman–Crippen MR) is 246 cm³/mol. The summed E-state index contributed by atoms with van der Waals surface area (Å²) in [6, 6.07) is 59.4. The van der Waals surface area contributed by atoms with E-state index in [9.17, 15) is 0 Å². The molecular weight excluding hydrogens is 703 g/mol. The molecule has 58 heavy (non-hydrogen) atoms. The van der Waals surface area contributed by atoms with Gasteiger partial charge < -0.3 is 9.32 Å². The van der Waals surface area contributed by atoms with Gasteiger partial charge in [0.2, 0.25) is 0 Å². The highest BCUT2D eigenvalue weighted by atomic mass is 16.3. The molecule has 1 unspecified atom stereocenters. The molecule has 10 rings (SSSR count). The Morgan fingerprint density at radius 2 is 1.17 bits per heavy atom. The Morgan fingerprint density at radius 1 is 0.552 bits per heavy atom. The van der Waals surface area contributed by atoms with Gasteiger partial charge in [-0.2, -0.15) is 0 Å². The average Bonchev–Trinajstić information content (AvgIpc) is 3.66. The number of allylic oxidation sites excluding steroid dienone is 6. The van der Waals surface area contributed by atoms with Crippen LogP contribution in [0.5, 0.6) is 0 Å². The number of para-hydroxylation sites is 2. The molecule has 0 saturated carbocycles. The maximum Gasteiger partial charge on any atom is 0.143 e. The van der Waals surface area contributed by atoms with E-state index in [0.717, 1.165) is 58.0 Å². The van der Waals surface area contributed by atoms with E-state index in [1.54, 1.807) is 0 Å². The normalized spacial score (nSPS) is 15.9. The number of hydrogen-bond acceptors (Lipinski definition) is 2. The maximum atomic E-state index is 6.50. The third-order valence-electron chi connectivity index (χ3n) is 12.2. The number of fused-ring (bicyclic) bond motifs is 4. The molecule has 2 heteroatoms. The first-order chi connectivity index (χ1) is 28.4. The van der Waals surface area contributed by atoms with Crippen LogP contribution in [0.2, 0.25) is 0 Å². The Labute approximate surface area is 341 Å². The van der Waals surface area contributed by atoms with Crippen molar-refractivity contribution in [2.75, 3.05) is 4.90 Å². The molecule has 0 saturated heterocycles. The van der Waals surface area contributed by atoms with Crippen LogP contribution in [0.1, 0.15) is 51.2 Å². The quantitative estimate of drug-likeness (QED) is 0.161. The minimum absolute atomic E-state index is 0.123. The highest BCUT2D eigenvalue weighted by molar-refractivity contribution is 6.10. The molecule has 0 bridgehead atoms. The second-order valence-electron chi connectivity index (χ2n) is 16.8. The van der Waals surface area contributed by atoms with Crippen molar-refractivity contribution in [1.82, 2.24) is 0 Å². The topological polar surface area (TPSA) is 16.4 Å². The van der Waals surface area contributed by atoms with E-state index in [0.29, 0.717) is 5.92 Å². The van der Waals surface area contributed by atoms with Gasteiger partial charge in [-0.25, -0.2) is 0 Å². The summed E-state index contributed by atoms with van der Waals surface area (Å²) < 4.78 is 6.50. The number of anilines is 1. The first-order valence-electron chi connectivity index (χ1n) is 20.7. The molecule has 0 N–H and O–H groups in total. The molecule has 0 radical (unpaired) electrons. The fraction of sp³-hybridized carbons (Fsp3) is 0.143. The smallest absolute Gasteiger partial charge is 0.143 e. The third-order valence-corrected chi connectivity index (χ3v) is 12.2. The summed E-state index contributed by atoms with van der Waals surface area (Å²) in [5.74, 6) is 0.404. The monoisotopic (exact) mass is 749 g/mol. The van der Waals surface area contributed by atoms with Gasteiger partial charge in [0, 0.05) is 39.0 Å². The maximum absolute atomic E-state index is 6.50. The van der Waals surface area contributed by atoms with Gasteiger partial charge in [-0.05, 0) is 99.0 Å². The molecular formula is C56H47NO. The van der Waals surface area contributed by atoms with E-state index in [2.05, 4.69) is 208 Å². The molecule has 1 heterocycles. The number of nitrogens with zero attached hydrogens (tertiary/aromatic N) is 1. The summed E-state index contributed by atoms with van der Waals surface area (Å²) in [5.41, 5.74) is 15.4. The molecule has 7 aromatic carbocycles. The van der Waals surface area contributed by atoms with E-state index in [1.165, 1.54) is 55.6 Å². The lowest BCUT2D eigenvalue weighted by atomic mass is 9.73. The van der Waals surface area contributed by atoms with Gasteiger partial charge in [-0.3, -0.25) is 0 Å². The summed E-state index contributed by atoms with van der Waals surface area (Å²) in [4.78, 5) is 2.55. The SMILES string of the molecule is CC(C)(C)C1C=CC(N(C2=CCCC=C2c2cccc3cccc(-c4ccccc4)c23)c2ccc(-c3cccc4c3oc3ccccc34)cc2)=C(c2ccccc2)C1. The lowest BCUT2D eigenvalue weighted by molar-refractivity contribution is 0.296. The van der Waals surface area contributed by atoms with Crippen LogP contribution in [0.4, 0.5) is 5.69 Å². The summed E-state index contributed by atoms with van der Waals surface area (Å²) in [5, 5.41) is 4.82. The van der Waals surface area contributed by atoms with Crippen molar-refractivity contribution in [1.29, 1.82) is 0 Å². The Balaban J connectivity index is 1.17. The fourth-order valence-electron chi connectivity index (χ4n) is 9.13. The summed E-state index contributed by atoms with van der Waals surface area (Å²) >= 11 is 0. The van der Waals surface area contributed by atoms with Gasteiger partial charge in [-0.1, -0.05) is 185 Å².